The molecule has 0 aliphatic heterocycles. The van der Waals surface area contributed by atoms with Gasteiger partial charge in [0, 0.05) is 11.8 Å². The Labute approximate surface area is 128 Å². The van der Waals surface area contributed by atoms with E-state index in [1.807, 2.05) is 11.8 Å². The van der Waals surface area contributed by atoms with Crippen LogP contribution >= 0.6 is 11.8 Å². The molecule has 0 saturated carbocycles. The first-order chi connectivity index (χ1) is 9.49. The van der Waals surface area contributed by atoms with E-state index < -0.39 is 0 Å². The molecule has 1 N–H and O–H groups in total. The SMILES string of the molecule is CCCNC(CSC(C)C)c1cc(C)c(OC)cc1C. The highest BCUT2D eigenvalue weighted by atomic mass is 32.2. The summed E-state index contributed by atoms with van der Waals surface area (Å²) in [6.45, 7) is 12.1. The fraction of sp³-hybridized carbons (Fsp3) is 0.647. The van der Waals surface area contributed by atoms with Crippen LogP contribution < -0.4 is 10.1 Å². The number of aryl methyl sites for hydroxylation is 2. The van der Waals surface area contributed by atoms with Crippen LogP contribution in [0.5, 0.6) is 5.75 Å². The average Bonchev–Trinajstić information content (AvgIpc) is 2.41. The van der Waals surface area contributed by atoms with Gasteiger partial charge in [-0.3, -0.25) is 0 Å². The van der Waals surface area contributed by atoms with Crippen molar-refractivity contribution < 1.29 is 4.74 Å². The number of nitrogens with one attached hydrogen (secondary N) is 1. The zero-order valence-electron chi connectivity index (χ0n) is 13.7. The van der Waals surface area contributed by atoms with Gasteiger partial charge < -0.3 is 10.1 Å². The molecule has 1 aromatic rings. The molecule has 0 spiro atoms. The van der Waals surface area contributed by atoms with E-state index in [2.05, 4.69) is 52.1 Å². The molecule has 0 radical (unpaired) electrons. The van der Waals surface area contributed by atoms with Gasteiger partial charge in [-0.15, -0.1) is 0 Å². The second kappa shape index (κ2) is 8.58. The van der Waals surface area contributed by atoms with Crippen LogP contribution in [0.4, 0.5) is 0 Å². The van der Waals surface area contributed by atoms with Crippen LogP contribution in [0, 0.1) is 13.8 Å². The number of rotatable bonds is 8. The number of thioether (sulfide) groups is 1. The lowest BCUT2D eigenvalue weighted by molar-refractivity contribution is 0.411. The zero-order valence-corrected chi connectivity index (χ0v) is 14.6. The quantitative estimate of drug-likeness (QED) is 0.763. The van der Waals surface area contributed by atoms with Gasteiger partial charge in [-0.05, 0) is 54.8 Å². The van der Waals surface area contributed by atoms with Crippen molar-refractivity contribution in [2.45, 2.75) is 52.3 Å². The molecule has 0 bridgehead atoms. The molecule has 0 heterocycles. The molecule has 0 fully saturated rings. The first-order valence-electron chi connectivity index (χ1n) is 7.49. The van der Waals surface area contributed by atoms with Gasteiger partial charge in [-0.1, -0.05) is 26.8 Å². The minimum atomic E-state index is 0.423. The average molecular weight is 295 g/mol. The molecule has 1 unspecified atom stereocenters. The minimum absolute atomic E-state index is 0.423. The number of hydrogen-bond donors (Lipinski definition) is 1. The largest absolute Gasteiger partial charge is 0.496 e. The first-order valence-corrected chi connectivity index (χ1v) is 8.54. The Hall–Kier alpha value is -0.670. The van der Waals surface area contributed by atoms with Crippen LogP contribution in [-0.2, 0) is 0 Å². The van der Waals surface area contributed by atoms with E-state index in [0.717, 1.165) is 24.5 Å². The second-order valence-corrected chi connectivity index (χ2v) is 7.18. The van der Waals surface area contributed by atoms with Crippen molar-refractivity contribution in [1.29, 1.82) is 0 Å². The van der Waals surface area contributed by atoms with Crippen molar-refractivity contribution >= 4 is 11.8 Å². The van der Waals surface area contributed by atoms with Crippen molar-refractivity contribution in [3.05, 3.63) is 28.8 Å². The summed E-state index contributed by atoms with van der Waals surface area (Å²) in [6.07, 6.45) is 1.16. The zero-order chi connectivity index (χ0) is 15.1. The summed E-state index contributed by atoms with van der Waals surface area (Å²) in [7, 11) is 1.74. The Morgan fingerprint density at radius 2 is 1.90 bits per heavy atom. The lowest BCUT2D eigenvalue weighted by Crippen LogP contribution is -2.25. The smallest absolute Gasteiger partial charge is 0.122 e. The van der Waals surface area contributed by atoms with E-state index >= 15 is 0 Å². The van der Waals surface area contributed by atoms with Crippen LogP contribution in [-0.4, -0.2) is 24.7 Å². The number of methoxy groups -OCH3 is 1. The van der Waals surface area contributed by atoms with Gasteiger partial charge in [0.2, 0.25) is 0 Å². The highest BCUT2D eigenvalue weighted by Crippen LogP contribution is 2.29. The Kier molecular flexibility index (Phi) is 7.46. The van der Waals surface area contributed by atoms with Gasteiger partial charge >= 0.3 is 0 Å². The Balaban J connectivity index is 2.96. The summed E-state index contributed by atoms with van der Waals surface area (Å²) in [5, 5.41) is 4.35. The Bertz CT molecular complexity index is 418. The van der Waals surface area contributed by atoms with Crippen molar-refractivity contribution in [3.63, 3.8) is 0 Å². The van der Waals surface area contributed by atoms with Crippen LogP contribution in [0.1, 0.15) is 49.9 Å². The van der Waals surface area contributed by atoms with Gasteiger partial charge in [0.25, 0.3) is 0 Å². The maximum Gasteiger partial charge on any atom is 0.122 e. The highest BCUT2D eigenvalue weighted by Gasteiger charge is 2.16. The summed E-state index contributed by atoms with van der Waals surface area (Å²) in [5.41, 5.74) is 3.93. The van der Waals surface area contributed by atoms with E-state index in [1.54, 1.807) is 7.11 Å². The van der Waals surface area contributed by atoms with Crippen LogP contribution in [0.3, 0.4) is 0 Å². The van der Waals surface area contributed by atoms with Gasteiger partial charge in [0.15, 0.2) is 0 Å². The predicted octanol–water partition coefficient (Wildman–Crippen LogP) is 4.49. The molecule has 114 valence electrons. The van der Waals surface area contributed by atoms with Gasteiger partial charge in [-0.25, -0.2) is 0 Å². The van der Waals surface area contributed by atoms with Crippen LogP contribution in [0.25, 0.3) is 0 Å². The fourth-order valence-corrected chi connectivity index (χ4v) is 3.15. The summed E-state index contributed by atoms with van der Waals surface area (Å²) in [5.74, 6) is 2.10. The third kappa shape index (κ3) is 5.02. The topological polar surface area (TPSA) is 21.3 Å². The minimum Gasteiger partial charge on any atom is -0.496 e. The van der Waals surface area contributed by atoms with Crippen molar-refractivity contribution in [2.24, 2.45) is 0 Å². The van der Waals surface area contributed by atoms with Crippen LogP contribution in [0.15, 0.2) is 12.1 Å². The molecule has 1 rings (SSSR count). The molecule has 2 nitrogen and oxygen atoms in total. The summed E-state index contributed by atoms with van der Waals surface area (Å²) < 4.78 is 5.41. The van der Waals surface area contributed by atoms with E-state index in [1.165, 1.54) is 16.7 Å². The highest BCUT2D eigenvalue weighted by molar-refractivity contribution is 7.99. The molecule has 0 aliphatic rings. The molecule has 0 saturated heterocycles. The van der Waals surface area contributed by atoms with E-state index in [0.29, 0.717) is 11.3 Å². The van der Waals surface area contributed by atoms with Crippen molar-refractivity contribution in [2.75, 3.05) is 19.4 Å². The molecular weight excluding hydrogens is 266 g/mol. The van der Waals surface area contributed by atoms with E-state index in [9.17, 15) is 0 Å². The predicted molar refractivity (Wildman–Crippen MR) is 91.1 cm³/mol. The molecule has 0 amide bonds. The van der Waals surface area contributed by atoms with Gasteiger partial charge in [0.05, 0.1) is 7.11 Å². The van der Waals surface area contributed by atoms with Crippen molar-refractivity contribution in [1.82, 2.24) is 5.32 Å². The van der Waals surface area contributed by atoms with Crippen LogP contribution in [0.2, 0.25) is 0 Å². The molecule has 20 heavy (non-hydrogen) atoms. The molecule has 3 heteroatoms. The number of benzene rings is 1. The van der Waals surface area contributed by atoms with Crippen molar-refractivity contribution in [3.8, 4) is 5.75 Å². The third-order valence-electron chi connectivity index (χ3n) is 3.40. The molecule has 0 aliphatic carbocycles. The Morgan fingerprint density at radius 3 is 2.45 bits per heavy atom. The fourth-order valence-electron chi connectivity index (χ4n) is 2.27. The van der Waals surface area contributed by atoms with Gasteiger partial charge in [-0.2, -0.15) is 11.8 Å². The number of ether oxygens (including phenoxy) is 1. The first kappa shape index (κ1) is 17.4. The Morgan fingerprint density at radius 1 is 1.20 bits per heavy atom. The molecule has 1 atom stereocenters. The second-order valence-electron chi connectivity index (χ2n) is 5.57. The molecular formula is C17H29NOS. The maximum atomic E-state index is 5.41. The summed E-state index contributed by atoms with van der Waals surface area (Å²) in [6, 6.07) is 4.86. The molecule has 0 aromatic heterocycles. The molecule has 1 aromatic carbocycles. The van der Waals surface area contributed by atoms with Gasteiger partial charge in [0.1, 0.15) is 5.75 Å². The summed E-state index contributed by atoms with van der Waals surface area (Å²) >= 11 is 2.02. The van der Waals surface area contributed by atoms with E-state index in [4.69, 9.17) is 4.74 Å². The third-order valence-corrected chi connectivity index (χ3v) is 4.59. The lowest BCUT2D eigenvalue weighted by atomic mass is 9.99. The number of hydrogen-bond acceptors (Lipinski definition) is 3. The lowest BCUT2D eigenvalue weighted by Gasteiger charge is -2.23. The van der Waals surface area contributed by atoms with E-state index in [-0.39, 0.29) is 0 Å². The normalized spacial score (nSPS) is 12.8. The maximum absolute atomic E-state index is 5.41. The monoisotopic (exact) mass is 295 g/mol. The summed E-state index contributed by atoms with van der Waals surface area (Å²) in [4.78, 5) is 0. The standard InChI is InChI=1S/C17H29NOS/c1-7-8-18-16(11-20-12(2)3)15-9-14(5)17(19-6)10-13(15)4/h9-10,12,16,18H,7-8,11H2,1-6H3.